The summed E-state index contributed by atoms with van der Waals surface area (Å²) in [6.07, 6.45) is 2.65. The highest BCUT2D eigenvalue weighted by Crippen LogP contribution is 2.38. The van der Waals surface area contributed by atoms with Gasteiger partial charge in [0.1, 0.15) is 0 Å². The number of nitrogens with one attached hydrogen (secondary N) is 1. The number of hydrogen-bond donors (Lipinski definition) is 1. The van der Waals surface area contributed by atoms with E-state index in [1.165, 1.54) is 6.42 Å². The Morgan fingerprint density at radius 3 is 2.42 bits per heavy atom. The predicted molar refractivity (Wildman–Crippen MR) is 93.1 cm³/mol. The summed E-state index contributed by atoms with van der Waals surface area (Å²) in [5, 5.41) is 3.05. The Bertz CT molecular complexity index is 537. The zero-order valence-electron chi connectivity index (χ0n) is 15.1. The van der Waals surface area contributed by atoms with Crippen LogP contribution in [0.15, 0.2) is 12.1 Å². The van der Waals surface area contributed by atoms with Crippen molar-refractivity contribution >= 4 is 5.91 Å². The van der Waals surface area contributed by atoms with Gasteiger partial charge in [-0.2, -0.15) is 0 Å². The summed E-state index contributed by atoms with van der Waals surface area (Å²) in [4.78, 5) is 14.7. The topological polar surface area (TPSA) is 60.0 Å². The zero-order chi connectivity index (χ0) is 17.5. The van der Waals surface area contributed by atoms with Crippen LogP contribution in [0.1, 0.15) is 25.3 Å². The lowest BCUT2D eigenvalue weighted by Crippen LogP contribution is -2.40. The number of carbonyl (C=O) groups is 1. The van der Waals surface area contributed by atoms with Crippen LogP contribution < -0.4 is 19.5 Å². The van der Waals surface area contributed by atoms with Crippen molar-refractivity contribution < 1.29 is 19.0 Å². The van der Waals surface area contributed by atoms with Crippen LogP contribution in [0, 0.1) is 0 Å². The molecule has 0 unspecified atom stereocenters. The molecule has 2 rings (SSSR count). The summed E-state index contributed by atoms with van der Waals surface area (Å²) >= 11 is 0. The summed E-state index contributed by atoms with van der Waals surface area (Å²) in [6.45, 7) is 5.03. The predicted octanol–water partition coefficient (Wildman–Crippen LogP) is 1.86. The first-order valence-electron chi connectivity index (χ1n) is 8.42. The fourth-order valence-electron chi connectivity index (χ4n) is 3.26. The van der Waals surface area contributed by atoms with E-state index in [-0.39, 0.29) is 12.3 Å². The minimum Gasteiger partial charge on any atom is -0.493 e. The van der Waals surface area contributed by atoms with Crippen molar-refractivity contribution in [2.24, 2.45) is 0 Å². The van der Waals surface area contributed by atoms with Crippen LogP contribution in [0.5, 0.6) is 17.2 Å². The molecule has 1 aliphatic rings. The Hall–Kier alpha value is -1.95. The van der Waals surface area contributed by atoms with Gasteiger partial charge < -0.3 is 19.5 Å². The van der Waals surface area contributed by atoms with Gasteiger partial charge in [-0.1, -0.05) is 6.92 Å². The van der Waals surface area contributed by atoms with Crippen LogP contribution in [0.2, 0.25) is 0 Å². The molecule has 6 heteroatoms. The molecule has 6 nitrogen and oxygen atoms in total. The number of rotatable bonds is 8. The summed E-state index contributed by atoms with van der Waals surface area (Å²) < 4.78 is 16.0. The molecule has 0 aliphatic carbocycles. The van der Waals surface area contributed by atoms with Crippen LogP contribution in [0.4, 0.5) is 0 Å². The van der Waals surface area contributed by atoms with E-state index >= 15 is 0 Å². The van der Waals surface area contributed by atoms with E-state index in [9.17, 15) is 4.79 Å². The molecule has 0 aromatic heterocycles. The Morgan fingerprint density at radius 2 is 1.88 bits per heavy atom. The lowest BCUT2D eigenvalue weighted by Gasteiger charge is -2.23. The molecule has 1 aromatic carbocycles. The molecule has 0 saturated carbocycles. The van der Waals surface area contributed by atoms with Crippen molar-refractivity contribution in [2.45, 2.75) is 32.2 Å². The number of likely N-dealkylation sites (N-methyl/N-ethyl adjacent to an activating group) is 1. The fraction of sp³-hybridized carbons (Fsp3) is 0.611. The first-order valence-corrected chi connectivity index (χ1v) is 8.42. The van der Waals surface area contributed by atoms with Crippen molar-refractivity contribution in [3.8, 4) is 17.2 Å². The number of likely N-dealkylation sites (tertiary alicyclic amines) is 1. The van der Waals surface area contributed by atoms with Crippen LogP contribution in [-0.2, 0) is 11.2 Å². The molecule has 0 radical (unpaired) electrons. The Balaban J connectivity index is 1.98. The minimum atomic E-state index is 0.00669. The highest BCUT2D eigenvalue weighted by Gasteiger charge is 2.23. The lowest BCUT2D eigenvalue weighted by molar-refractivity contribution is -0.120. The monoisotopic (exact) mass is 336 g/mol. The molecular formula is C18H28N2O4. The van der Waals surface area contributed by atoms with Crippen LogP contribution in [-0.4, -0.2) is 57.8 Å². The van der Waals surface area contributed by atoms with E-state index in [1.54, 1.807) is 21.3 Å². The van der Waals surface area contributed by atoms with Gasteiger partial charge in [-0.05, 0) is 43.6 Å². The fourth-order valence-corrected chi connectivity index (χ4v) is 3.26. The molecule has 1 amide bonds. The molecule has 0 bridgehead atoms. The molecule has 134 valence electrons. The average molecular weight is 336 g/mol. The van der Waals surface area contributed by atoms with E-state index in [0.717, 1.165) is 25.1 Å². The third-order valence-electron chi connectivity index (χ3n) is 4.53. The highest BCUT2D eigenvalue weighted by molar-refractivity contribution is 5.79. The lowest BCUT2D eigenvalue weighted by atomic mass is 10.1. The van der Waals surface area contributed by atoms with Crippen molar-refractivity contribution in [3.05, 3.63) is 17.7 Å². The number of methoxy groups -OCH3 is 3. The molecule has 1 N–H and O–H groups in total. The van der Waals surface area contributed by atoms with Gasteiger partial charge in [0.15, 0.2) is 11.5 Å². The summed E-state index contributed by atoms with van der Waals surface area (Å²) in [5.74, 6) is 1.67. The van der Waals surface area contributed by atoms with Crippen molar-refractivity contribution in [1.29, 1.82) is 0 Å². The second-order valence-corrected chi connectivity index (χ2v) is 5.94. The summed E-state index contributed by atoms with van der Waals surface area (Å²) in [7, 11) is 4.70. The number of nitrogens with zero attached hydrogens (tertiary/aromatic N) is 1. The average Bonchev–Trinajstić information content (AvgIpc) is 3.06. The second kappa shape index (κ2) is 8.78. The van der Waals surface area contributed by atoms with Crippen LogP contribution >= 0.6 is 0 Å². The van der Waals surface area contributed by atoms with Crippen molar-refractivity contribution in [3.63, 3.8) is 0 Å². The summed E-state index contributed by atoms with van der Waals surface area (Å²) in [5.41, 5.74) is 0.834. The standard InChI is InChI=1S/C18H28N2O4/c1-5-20-8-6-7-14(20)12-19-17(21)11-13-9-15(22-2)18(24-4)16(10-13)23-3/h9-10,14H,5-8,11-12H2,1-4H3,(H,19,21)/t14-/m1/s1. The maximum atomic E-state index is 12.3. The normalized spacial score (nSPS) is 17.6. The Labute approximate surface area is 144 Å². The van der Waals surface area contributed by atoms with Gasteiger partial charge in [-0.15, -0.1) is 0 Å². The molecule has 24 heavy (non-hydrogen) atoms. The minimum absolute atomic E-state index is 0.00669. The number of benzene rings is 1. The largest absolute Gasteiger partial charge is 0.493 e. The number of ether oxygens (including phenoxy) is 3. The van der Waals surface area contributed by atoms with Gasteiger partial charge in [0, 0.05) is 12.6 Å². The molecule has 1 atom stereocenters. The van der Waals surface area contributed by atoms with Gasteiger partial charge in [0.2, 0.25) is 11.7 Å². The van der Waals surface area contributed by atoms with Crippen molar-refractivity contribution in [1.82, 2.24) is 10.2 Å². The second-order valence-electron chi connectivity index (χ2n) is 5.94. The van der Waals surface area contributed by atoms with Gasteiger partial charge in [0.25, 0.3) is 0 Å². The highest BCUT2D eigenvalue weighted by atomic mass is 16.5. The molecule has 1 aliphatic heterocycles. The smallest absolute Gasteiger partial charge is 0.224 e. The van der Waals surface area contributed by atoms with Gasteiger partial charge >= 0.3 is 0 Å². The van der Waals surface area contributed by atoms with Gasteiger partial charge in [0.05, 0.1) is 27.8 Å². The first kappa shape index (κ1) is 18.4. The molecule has 1 fully saturated rings. The van der Waals surface area contributed by atoms with Gasteiger partial charge in [-0.25, -0.2) is 0 Å². The van der Waals surface area contributed by atoms with Crippen LogP contribution in [0.25, 0.3) is 0 Å². The zero-order valence-corrected chi connectivity index (χ0v) is 15.1. The van der Waals surface area contributed by atoms with E-state index < -0.39 is 0 Å². The molecular weight excluding hydrogens is 308 g/mol. The Morgan fingerprint density at radius 1 is 1.21 bits per heavy atom. The summed E-state index contributed by atoms with van der Waals surface area (Å²) in [6, 6.07) is 4.09. The first-order chi connectivity index (χ1) is 11.6. The van der Waals surface area contributed by atoms with E-state index in [1.807, 2.05) is 12.1 Å². The van der Waals surface area contributed by atoms with Gasteiger partial charge in [-0.3, -0.25) is 9.69 Å². The maximum Gasteiger partial charge on any atom is 0.224 e. The van der Waals surface area contributed by atoms with E-state index in [2.05, 4.69) is 17.1 Å². The van der Waals surface area contributed by atoms with Crippen LogP contribution in [0.3, 0.4) is 0 Å². The third-order valence-corrected chi connectivity index (χ3v) is 4.53. The van der Waals surface area contributed by atoms with E-state index in [0.29, 0.717) is 29.8 Å². The quantitative estimate of drug-likeness (QED) is 0.785. The van der Waals surface area contributed by atoms with Crippen molar-refractivity contribution in [2.75, 3.05) is 41.0 Å². The number of carbonyl (C=O) groups excluding carboxylic acids is 1. The molecule has 1 saturated heterocycles. The van der Waals surface area contributed by atoms with E-state index in [4.69, 9.17) is 14.2 Å². The SMILES string of the molecule is CCN1CCC[C@@H]1CNC(=O)Cc1cc(OC)c(OC)c(OC)c1. The maximum absolute atomic E-state index is 12.3. The number of amides is 1. The third kappa shape index (κ3) is 4.32. The molecule has 1 heterocycles. The Kier molecular flexibility index (Phi) is 6.73. The molecule has 0 spiro atoms. The molecule has 1 aromatic rings. The number of hydrogen-bond acceptors (Lipinski definition) is 5.